The molecule has 3 aliphatic heterocycles. The quantitative estimate of drug-likeness (QED) is 0.392. The lowest BCUT2D eigenvalue weighted by molar-refractivity contribution is -0.165. The van der Waals surface area contributed by atoms with E-state index >= 15 is 0 Å². The Hall–Kier alpha value is -1.45. The van der Waals surface area contributed by atoms with Gasteiger partial charge in [0.25, 0.3) is 10.1 Å². The molecule has 0 amide bonds. The van der Waals surface area contributed by atoms with Crippen molar-refractivity contribution in [3.05, 3.63) is 12.2 Å². The Balaban J connectivity index is 1.69. The minimum absolute atomic E-state index is 0.151. The molecule has 0 N–H and O–H groups in total. The maximum Gasteiger partial charge on any atom is 0.344 e. The van der Waals surface area contributed by atoms with Gasteiger partial charge < -0.3 is 14.2 Å². The number of hydrogen-bond acceptors (Lipinski definition) is 8. The van der Waals surface area contributed by atoms with Gasteiger partial charge >= 0.3 is 11.9 Å². The van der Waals surface area contributed by atoms with Gasteiger partial charge in [0.1, 0.15) is 17.8 Å². The van der Waals surface area contributed by atoms with Gasteiger partial charge in [-0.2, -0.15) is 8.42 Å². The fourth-order valence-electron chi connectivity index (χ4n) is 3.19. The number of hydrogen-bond donors (Lipinski definition) is 0. The summed E-state index contributed by atoms with van der Waals surface area (Å²) in [6.07, 6.45) is -1.78. The molecule has 0 saturated carbocycles. The van der Waals surface area contributed by atoms with E-state index in [4.69, 9.17) is 13.7 Å². The molecule has 0 spiro atoms. The first-order valence-corrected chi connectivity index (χ1v) is 8.23. The molecule has 9 heteroatoms. The van der Waals surface area contributed by atoms with Crippen LogP contribution in [0.4, 0.5) is 0 Å². The summed E-state index contributed by atoms with van der Waals surface area (Å²) in [5, 5.41) is -1.03. The SMILES string of the molecule is C=C(C)C(=O)OCC(=O)OC1C2C3OC1(C)CC3OS2(=O)=O. The molecule has 5 unspecified atom stereocenters. The molecule has 3 heterocycles. The molecule has 3 fully saturated rings. The van der Waals surface area contributed by atoms with Crippen LogP contribution >= 0.6 is 0 Å². The predicted molar refractivity (Wildman–Crippen MR) is 71.1 cm³/mol. The third-order valence-corrected chi connectivity index (χ3v) is 5.82. The van der Waals surface area contributed by atoms with Crippen molar-refractivity contribution in [2.24, 2.45) is 0 Å². The van der Waals surface area contributed by atoms with E-state index in [1.54, 1.807) is 6.92 Å². The van der Waals surface area contributed by atoms with E-state index in [0.717, 1.165) is 0 Å². The molecular weight excluding hydrogens is 316 g/mol. The van der Waals surface area contributed by atoms with Crippen LogP contribution in [0.1, 0.15) is 20.3 Å². The van der Waals surface area contributed by atoms with Crippen LogP contribution in [0.15, 0.2) is 12.2 Å². The van der Waals surface area contributed by atoms with E-state index < -0.39 is 57.8 Å². The first-order chi connectivity index (χ1) is 10.1. The second kappa shape index (κ2) is 4.77. The molecule has 3 aliphatic rings. The largest absolute Gasteiger partial charge is 0.455 e. The van der Waals surface area contributed by atoms with E-state index in [0.29, 0.717) is 6.42 Å². The van der Waals surface area contributed by atoms with Gasteiger partial charge in [0.05, 0.1) is 0 Å². The molecule has 0 aliphatic carbocycles. The Morgan fingerprint density at radius 3 is 2.73 bits per heavy atom. The summed E-state index contributed by atoms with van der Waals surface area (Å²) in [4.78, 5) is 23.0. The lowest BCUT2D eigenvalue weighted by atomic mass is 9.85. The van der Waals surface area contributed by atoms with Crippen LogP contribution < -0.4 is 0 Å². The van der Waals surface area contributed by atoms with Crippen LogP contribution in [-0.4, -0.2) is 56.1 Å². The molecular formula is C13H16O8S. The minimum Gasteiger partial charge on any atom is -0.455 e. The fourth-order valence-corrected chi connectivity index (χ4v) is 5.04. The van der Waals surface area contributed by atoms with Crippen molar-refractivity contribution in [1.29, 1.82) is 0 Å². The molecule has 122 valence electrons. The number of ether oxygens (including phenoxy) is 3. The van der Waals surface area contributed by atoms with Crippen LogP contribution in [0.25, 0.3) is 0 Å². The van der Waals surface area contributed by atoms with Crippen LogP contribution in [0.3, 0.4) is 0 Å². The highest BCUT2D eigenvalue weighted by Gasteiger charge is 2.72. The van der Waals surface area contributed by atoms with Gasteiger partial charge in [0.2, 0.25) is 0 Å². The zero-order valence-corrected chi connectivity index (χ0v) is 12.9. The average molecular weight is 332 g/mol. The van der Waals surface area contributed by atoms with E-state index in [9.17, 15) is 18.0 Å². The zero-order valence-electron chi connectivity index (χ0n) is 12.1. The Bertz CT molecular complexity index is 649. The smallest absolute Gasteiger partial charge is 0.344 e. The van der Waals surface area contributed by atoms with E-state index in [2.05, 4.69) is 11.3 Å². The minimum atomic E-state index is -3.83. The Kier molecular flexibility index (Phi) is 3.35. The lowest BCUT2D eigenvalue weighted by Crippen LogP contribution is -2.49. The number of carbonyl (C=O) groups excluding carboxylic acids is 2. The van der Waals surface area contributed by atoms with Gasteiger partial charge in [-0.1, -0.05) is 6.58 Å². The average Bonchev–Trinajstić information content (AvgIpc) is 2.91. The summed E-state index contributed by atoms with van der Waals surface area (Å²) in [5.74, 6) is -1.56. The summed E-state index contributed by atoms with van der Waals surface area (Å²) in [7, 11) is -3.83. The van der Waals surface area contributed by atoms with Crippen LogP contribution in [0.2, 0.25) is 0 Å². The van der Waals surface area contributed by atoms with Crippen molar-refractivity contribution in [2.75, 3.05) is 6.61 Å². The van der Waals surface area contributed by atoms with Crippen LogP contribution in [-0.2, 0) is 38.1 Å². The first-order valence-electron chi connectivity index (χ1n) is 6.76. The molecule has 2 bridgehead atoms. The summed E-state index contributed by atoms with van der Waals surface area (Å²) >= 11 is 0. The summed E-state index contributed by atoms with van der Waals surface area (Å²) in [5.41, 5.74) is -0.755. The Labute approximate surface area is 127 Å². The lowest BCUT2D eigenvalue weighted by Gasteiger charge is -2.29. The topological polar surface area (TPSA) is 105 Å². The normalized spacial score (nSPS) is 40.5. The van der Waals surface area contributed by atoms with Crippen molar-refractivity contribution in [1.82, 2.24) is 0 Å². The van der Waals surface area contributed by atoms with Crippen molar-refractivity contribution in [3.8, 4) is 0 Å². The highest BCUT2D eigenvalue weighted by atomic mass is 32.2. The van der Waals surface area contributed by atoms with Crippen molar-refractivity contribution >= 4 is 22.1 Å². The predicted octanol–water partition coefficient (Wildman–Crippen LogP) is -0.324. The number of carbonyl (C=O) groups is 2. The molecule has 5 atom stereocenters. The maximum atomic E-state index is 12.0. The molecule has 0 aromatic rings. The second-order valence-electron chi connectivity index (χ2n) is 5.96. The van der Waals surface area contributed by atoms with Gasteiger partial charge in [0.15, 0.2) is 18.0 Å². The van der Waals surface area contributed by atoms with Crippen molar-refractivity contribution in [2.45, 2.75) is 49.4 Å². The maximum absolute atomic E-state index is 12.0. The molecule has 3 saturated heterocycles. The molecule has 0 aromatic carbocycles. The van der Waals surface area contributed by atoms with E-state index in [1.165, 1.54) is 6.92 Å². The third-order valence-electron chi connectivity index (χ3n) is 4.12. The van der Waals surface area contributed by atoms with Gasteiger partial charge in [-0.3, -0.25) is 4.18 Å². The van der Waals surface area contributed by atoms with Crippen LogP contribution in [0, 0.1) is 0 Å². The molecule has 0 aromatic heterocycles. The van der Waals surface area contributed by atoms with Crippen molar-refractivity contribution in [3.63, 3.8) is 0 Å². The Morgan fingerprint density at radius 1 is 1.41 bits per heavy atom. The summed E-state index contributed by atoms with van der Waals surface area (Å²) in [6, 6.07) is 0. The number of esters is 2. The van der Waals surface area contributed by atoms with E-state index in [1.807, 2.05) is 0 Å². The van der Waals surface area contributed by atoms with Gasteiger partial charge in [0, 0.05) is 12.0 Å². The van der Waals surface area contributed by atoms with Gasteiger partial charge in [-0.25, -0.2) is 9.59 Å². The van der Waals surface area contributed by atoms with E-state index in [-0.39, 0.29) is 5.57 Å². The number of rotatable bonds is 4. The Morgan fingerprint density at radius 2 is 2.09 bits per heavy atom. The second-order valence-corrected chi connectivity index (χ2v) is 7.68. The fraction of sp³-hybridized carbons (Fsp3) is 0.692. The van der Waals surface area contributed by atoms with Crippen molar-refractivity contribution < 1.29 is 36.4 Å². The molecule has 0 radical (unpaired) electrons. The third kappa shape index (κ3) is 2.24. The zero-order chi connectivity index (χ0) is 16.3. The summed E-state index contributed by atoms with van der Waals surface area (Å²) in [6.45, 7) is 5.90. The molecule has 3 rings (SSSR count). The highest BCUT2D eigenvalue weighted by molar-refractivity contribution is 7.87. The van der Waals surface area contributed by atoms with Gasteiger partial charge in [-0.15, -0.1) is 0 Å². The molecule has 8 nitrogen and oxygen atoms in total. The monoisotopic (exact) mass is 332 g/mol. The van der Waals surface area contributed by atoms with Gasteiger partial charge in [-0.05, 0) is 13.8 Å². The number of fused-ring (bicyclic) bond motifs is 1. The highest BCUT2D eigenvalue weighted by Crippen LogP contribution is 2.53. The first kappa shape index (κ1) is 15.4. The summed E-state index contributed by atoms with van der Waals surface area (Å²) < 4.78 is 44.5. The van der Waals surface area contributed by atoms with Crippen LogP contribution in [0.5, 0.6) is 0 Å². The standard InChI is InChI=1S/C13H16O8S/c1-6(2)12(15)18-5-8(14)19-11-10-9-7(21-22(10,16)17)4-13(11,3)20-9/h7,9-11H,1,4-5H2,2-3H3. The molecule has 22 heavy (non-hydrogen) atoms.